The Morgan fingerprint density at radius 1 is 0.583 bits per heavy atom. The number of cyclic esters (lactones) is 4. The fraction of sp³-hybridized carbons (Fsp3) is 0.143. The Hall–Kier alpha value is -6.11. The Labute approximate surface area is 268 Å². The zero-order valence-corrected chi connectivity index (χ0v) is 24.6. The molecule has 0 radical (unpaired) electrons. The van der Waals surface area contributed by atoms with Crippen LogP contribution in [0.1, 0.15) is 91.3 Å². The van der Waals surface area contributed by atoms with Crippen molar-refractivity contribution in [1.29, 1.82) is 0 Å². The molecule has 2 aliphatic heterocycles. The third-order valence-electron chi connectivity index (χ3n) is 8.52. The highest BCUT2D eigenvalue weighted by atomic mass is 19.4. The van der Waals surface area contributed by atoms with E-state index in [4.69, 9.17) is 0 Å². The summed E-state index contributed by atoms with van der Waals surface area (Å²) in [6.45, 7) is 0.870. The number of benzene rings is 4. The molecular weight excluding hydrogens is 637 g/mol. The lowest BCUT2D eigenvalue weighted by Crippen LogP contribution is -2.40. The summed E-state index contributed by atoms with van der Waals surface area (Å²) in [5, 5.41) is 21.0. The highest BCUT2D eigenvalue weighted by molar-refractivity contribution is 6.16. The Morgan fingerprint density at radius 3 is 1.33 bits per heavy atom. The van der Waals surface area contributed by atoms with Gasteiger partial charge in [-0.3, -0.25) is 9.59 Å². The van der Waals surface area contributed by atoms with Crippen LogP contribution in [0, 0.1) is 0 Å². The molecule has 10 nitrogen and oxygen atoms in total. The molecule has 4 aromatic carbocycles. The number of alkyl halides is 3. The van der Waals surface area contributed by atoms with E-state index in [-0.39, 0.29) is 55.6 Å². The number of ether oxygens (including phenoxy) is 2. The van der Waals surface area contributed by atoms with E-state index in [1.165, 1.54) is 24.3 Å². The number of esters is 4. The first kappa shape index (κ1) is 31.9. The summed E-state index contributed by atoms with van der Waals surface area (Å²) in [7, 11) is 0. The molecular formula is C35H21F3O10. The zero-order valence-electron chi connectivity index (χ0n) is 24.6. The summed E-state index contributed by atoms with van der Waals surface area (Å²) >= 11 is 0. The SMILES string of the molecule is CC(c1ccc(O)c(CC(=O)c2ccc3c(c2)C(=O)OC3=O)c1)(c1ccc(O)c(CC(=O)c2ccc3c(c2)C(=O)OC3=O)c1)C(F)(F)F. The van der Waals surface area contributed by atoms with Gasteiger partial charge in [-0.15, -0.1) is 0 Å². The van der Waals surface area contributed by atoms with Gasteiger partial charge in [0.25, 0.3) is 0 Å². The van der Waals surface area contributed by atoms with E-state index in [1.54, 1.807) is 0 Å². The first-order valence-corrected chi connectivity index (χ1v) is 14.2. The van der Waals surface area contributed by atoms with E-state index < -0.39 is 71.4 Å². The van der Waals surface area contributed by atoms with E-state index in [2.05, 4.69) is 9.47 Å². The van der Waals surface area contributed by atoms with Crippen molar-refractivity contribution in [2.75, 3.05) is 0 Å². The second-order valence-electron chi connectivity index (χ2n) is 11.4. The summed E-state index contributed by atoms with van der Waals surface area (Å²) in [5.41, 5.74) is -4.26. The second kappa shape index (κ2) is 11.3. The minimum Gasteiger partial charge on any atom is -0.508 e. The molecule has 0 atom stereocenters. The minimum atomic E-state index is -4.97. The number of fused-ring (bicyclic) bond motifs is 2. The van der Waals surface area contributed by atoms with Crippen LogP contribution in [0.5, 0.6) is 11.5 Å². The van der Waals surface area contributed by atoms with Crippen LogP contribution < -0.4 is 0 Å². The first-order valence-electron chi connectivity index (χ1n) is 14.2. The first-order chi connectivity index (χ1) is 22.6. The van der Waals surface area contributed by atoms with Crippen molar-refractivity contribution in [2.45, 2.75) is 31.4 Å². The summed E-state index contributed by atoms with van der Waals surface area (Å²) in [6.07, 6.45) is -6.10. The molecule has 2 N–H and O–H groups in total. The van der Waals surface area contributed by atoms with Crippen LogP contribution in [-0.4, -0.2) is 51.8 Å². The van der Waals surface area contributed by atoms with Gasteiger partial charge < -0.3 is 19.7 Å². The van der Waals surface area contributed by atoms with Gasteiger partial charge in [-0.1, -0.05) is 36.4 Å². The third-order valence-corrected chi connectivity index (χ3v) is 8.52. The molecule has 0 bridgehead atoms. The largest absolute Gasteiger partial charge is 0.508 e. The molecule has 48 heavy (non-hydrogen) atoms. The van der Waals surface area contributed by atoms with E-state index in [0.29, 0.717) is 0 Å². The summed E-state index contributed by atoms with van der Waals surface area (Å²) in [4.78, 5) is 73.5. The van der Waals surface area contributed by atoms with Crippen molar-refractivity contribution in [3.05, 3.63) is 128 Å². The number of halogens is 3. The topological polar surface area (TPSA) is 161 Å². The van der Waals surface area contributed by atoms with Gasteiger partial charge in [-0.05, 0) is 54.4 Å². The summed E-state index contributed by atoms with van der Waals surface area (Å²) < 4.78 is 54.0. The van der Waals surface area contributed by atoms with Gasteiger partial charge in [-0.2, -0.15) is 13.2 Å². The molecule has 0 aliphatic carbocycles. The number of aromatic hydroxyl groups is 2. The number of rotatable bonds is 8. The van der Waals surface area contributed by atoms with E-state index in [0.717, 1.165) is 55.5 Å². The highest BCUT2D eigenvalue weighted by Crippen LogP contribution is 2.48. The zero-order chi connectivity index (χ0) is 34.7. The van der Waals surface area contributed by atoms with Gasteiger partial charge in [0.1, 0.15) is 16.9 Å². The smallest absolute Gasteiger partial charge is 0.402 e. The lowest BCUT2D eigenvalue weighted by atomic mass is 9.74. The number of hydrogen-bond acceptors (Lipinski definition) is 10. The van der Waals surface area contributed by atoms with Gasteiger partial charge in [0.15, 0.2) is 11.6 Å². The molecule has 0 amide bonds. The van der Waals surface area contributed by atoms with Crippen LogP contribution in [0.2, 0.25) is 0 Å². The van der Waals surface area contributed by atoms with Crippen molar-refractivity contribution in [3.8, 4) is 11.5 Å². The molecule has 0 unspecified atom stereocenters. The maximum atomic E-state index is 15.0. The Bertz CT molecular complexity index is 1990. The normalized spacial score (nSPS) is 14.0. The van der Waals surface area contributed by atoms with Crippen molar-refractivity contribution in [3.63, 3.8) is 0 Å². The summed E-state index contributed by atoms with van der Waals surface area (Å²) in [5.74, 6) is -5.91. The van der Waals surface area contributed by atoms with Crippen LogP contribution in [-0.2, 0) is 27.7 Å². The number of ketones is 2. The number of hydrogen-bond donors (Lipinski definition) is 2. The molecule has 242 valence electrons. The van der Waals surface area contributed by atoms with Crippen molar-refractivity contribution < 1.29 is 61.6 Å². The van der Waals surface area contributed by atoms with Gasteiger partial charge >= 0.3 is 30.1 Å². The molecule has 0 fully saturated rings. The molecule has 6 rings (SSSR count). The van der Waals surface area contributed by atoms with Crippen molar-refractivity contribution in [1.82, 2.24) is 0 Å². The standard InChI is InChI=1S/C35H21F3O10/c1-34(35(36,37)38,20-4-8-26(39)18(10-20)14-28(41)16-2-6-22-24(12-16)32(45)47-30(22)43)21-5-9-27(40)19(11-21)15-29(42)17-3-7-23-25(13-17)33(46)48-31(23)44/h2-13,39-40H,14-15H2,1H3. The molecule has 0 saturated carbocycles. The van der Waals surface area contributed by atoms with Gasteiger partial charge in [0.05, 0.1) is 22.3 Å². The molecule has 2 heterocycles. The molecule has 2 aliphatic rings. The number of carbonyl (C=O) groups excluding carboxylic acids is 6. The Kier molecular flexibility index (Phi) is 7.50. The van der Waals surface area contributed by atoms with E-state index in [9.17, 15) is 52.2 Å². The quantitative estimate of drug-likeness (QED) is 0.142. The van der Waals surface area contributed by atoms with Crippen molar-refractivity contribution in [2.24, 2.45) is 0 Å². The van der Waals surface area contributed by atoms with Gasteiger partial charge in [0.2, 0.25) is 0 Å². The van der Waals surface area contributed by atoms with Crippen LogP contribution >= 0.6 is 0 Å². The molecule has 4 aromatic rings. The minimum absolute atomic E-state index is 0.0363. The molecule has 0 saturated heterocycles. The number of phenols is 2. The van der Waals surface area contributed by atoms with Gasteiger partial charge in [-0.25, -0.2) is 19.2 Å². The predicted octanol–water partition coefficient (Wildman–Crippen LogP) is 5.44. The number of Topliss-reactive ketones (excluding diaryl/α,β-unsaturated/α-hetero) is 2. The second-order valence-corrected chi connectivity index (χ2v) is 11.4. The van der Waals surface area contributed by atoms with Crippen LogP contribution in [0.3, 0.4) is 0 Å². The average molecular weight is 659 g/mol. The number of carbonyl (C=O) groups is 6. The highest BCUT2D eigenvalue weighted by Gasteiger charge is 2.54. The molecule has 13 heteroatoms. The third kappa shape index (κ3) is 5.28. The maximum absolute atomic E-state index is 15.0. The van der Waals surface area contributed by atoms with Crippen LogP contribution in [0.25, 0.3) is 0 Å². The Morgan fingerprint density at radius 2 is 0.958 bits per heavy atom. The van der Waals surface area contributed by atoms with Crippen molar-refractivity contribution >= 4 is 35.4 Å². The maximum Gasteiger partial charge on any atom is 0.402 e. The lowest BCUT2D eigenvalue weighted by Gasteiger charge is -2.34. The Balaban J connectivity index is 1.32. The fourth-order valence-electron chi connectivity index (χ4n) is 5.64. The average Bonchev–Trinajstić information content (AvgIpc) is 3.49. The van der Waals surface area contributed by atoms with E-state index >= 15 is 0 Å². The van der Waals surface area contributed by atoms with Crippen LogP contribution in [0.4, 0.5) is 13.2 Å². The monoisotopic (exact) mass is 658 g/mol. The fourth-order valence-corrected chi connectivity index (χ4v) is 5.64. The van der Waals surface area contributed by atoms with Crippen LogP contribution in [0.15, 0.2) is 72.8 Å². The van der Waals surface area contributed by atoms with Gasteiger partial charge in [0, 0.05) is 35.1 Å². The van der Waals surface area contributed by atoms with E-state index in [1.807, 2.05) is 0 Å². The predicted molar refractivity (Wildman–Crippen MR) is 157 cm³/mol. The lowest BCUT2D eigenvalue weighted by molar-refractivity contribution is -0.173. The number of phenolic OH excluding ortho intramolecular Hbond substituents is 2. The molecule has 0 aromatic heterocycles. The summed E-state index contributed by atoms with van der Waals surface area (Å²) in [6, 6.07) is 13.4. The molecule has 0 spiro atoms.